The van der Waals surface area contributed by atoms with E-state index < -0.39 is 60.4 Å². The topological polar surface area (TPSA) is 163 Å². The van der Waals surface area contributed by atoms with Crippen molar-refractivity contribution in [1.82, 2.24) is 26.2 Å². The van der Waals surface area contributed by atoms with Crippen LogP contribution >= 0.6 is 21.6 Å². The van der Waals surface area contributed by atoms with Crippen molar-refractivity contribution in [1.29, 1.82) is 0 Å². The third-order valence-electron chi connectivity index (χ3n) is 6.83. The molecule has 40 heavy (non-hydrogen) atoms. The van der Waals surface area contributed by atoms with Gasteiger partial charge in [0.15, 0.2) is 0 Å². The van der Waals surface area contributed by atoms with Gasteiger partial charge in [-0.15, -0.1) is 0 Å². The van der Waals surface area contributed by atoms with Crippen molar-refractivity contribution in [3.63, 3.8) is 0 Å². The molecule has 4 N–H and O–H groups in total. The Morgan fingerprint density at radius 3 is 2.45 bits per heavy atom. The first kappa shape index (κ1) is 31.8. The molecule has 0 spiro atoms. The van der Waals surface area contributed by atoms with Crippen LogP contribution in [0.25, 0.3) is 0 Å². The lowest BCUT2D eigenvalue weighted by atomic mass is 10.1. The van der Waals surface area contributed by atoms with E-state index in [2.05, 4.69) is 21.3 Å². The van der Waals surface area contributed by atoms with E-state index in [1.165, 1.54) is 21.6 Å². The van der Waals surface area contributed by atoms with E-state index in [1.54, 1.807) is 11.0 Å². The van der Waals surface area contributed by atoms with Crippen LogP contribution in [0.15, 0.2) is 12.2 Å². The maximum atomic E-state index is 13.4. The maximum absolute atomic E-state index is 13.4. The summed E-state index contributed by atoms with van der Waals surface area (Å²) < 4.78 is 5.48. The van der Waals surface area contributed by atoms with Crippen LogP contribution in [0.1, 0.15) is 52.4 Å². The van der Waals surface area contributed by atoms with Crippen LogP contribution in [0, 0.1) is 5.92 Å². The van der Waals surface area contributed by atoms with Crippen LogP contribution in [0.2, 0.25) is 0 Å². The van der Waals surface area contributed by atoms with Gasteiger partial charge in [-0.1, -0.05) is 27.7 Å². The number of ether oxygens (including phenoxy) is 1. The molecule has 1 unspecified atom stereocenters. The van der Waals surface area contributed by atoms with Gasteiger partial charge in [-0.3, -0.25) is 28.8 Å². The number of allylic oxidation sites excluding steroid dienone is 1. The zero-order valence-electron chi connectivity index (χ0n) is 22.9. The molecule has 0 aromatic carbocycles. The minimum atomic E-state index is -1.10. The highest BCUT2D eigenvalue weighted by Crippen LogP contribution is 2.33. The quantitative estimate of drug-likeness (QED) is 0.191. The van der Waals surface area contributed by atoms with Crippen molar-refractivity contribution in [2.45, 2.75) is 76.6 Å². The van der Waals surface area contributed by atoms with Gasteiger partial charge in [-0.25, -0.2) is 0 Å². The zero-order chi connectivity index (χ0) is 29.1. The molecule has 5 amide bonds. The minimum Gasteiger partial charge on any atom is -0.456 e. The monoisotopic (exact) mass is 597 g/mol. The van der Waals surface area contributed by atoms with Crippen molar-refractivity contribution in [3.8, 4) is 0 Å². The standard InChI is InChI=1S/C26H39N5O7S2/c1-3-31(4-2)21(33)11-10-18-24(35)29-19-15-40-39-12-6-5-7-17(13-20(32)28-18)38-22(34)14-27-26(37)23(16-8-9-16)30-25(19)36/h5,7,16-19,23H,3-4,6,8-15H2,1-2H3,(H,27,37)(H,28,32)(H,29,35)(H,30,36)/t17-,18-,19-,23?/m1/s1. The van der Waals surface area contributed by atoms with Crippen molar-refractivity contribution in [3.05, 3.63) is 12.2 Å². The van der Waals surface area contributed by atoms with E-state index in [0.717, 1.165) is 12.8 Å². The summed E-state index contributed by atoms with van der Waals surface area (Å²) in [4.78, 5) is 79.5. The molecule has 2 heterocycles. The molecule has 0 aromatic heterocycles. The number of carbonyl (C=O) groups is 6. The SMILES string of the molecule is CCN(CC)C(=O)CC[C@H]1NC(=O)C[C@H]2C=CCCSSC[C@@H](NC1=O)C(=O)NC(C1CC1)C(=O)NCC(=O)O2. The molecule has 2 fully saturated rings. The second kappa shape index (κ2) is 15.9. The van der Waals surface area contributed by atoms with Crippen molar-refractivity contribution < 1.29 is 33.5 Å². The molecule has 0 radical (unpaired) electrons. The first-order valence-electron chi connectivity index (χ1n) is 13.8. The van der Waals surface area contributed by atoms with E-state index in [1.807, 2.05) is 19.9 Å². The Morgan fingerprint density at radius 1 is 1.00 bits per heavy atom. The Bertz CT molecular complexity index is 986. The summed E-state index contributed by atoms with van der Waals surface area (Å²) in [5.74, 6) is -2.22. The van der Waals surface area contributed by atoms with E-state index >= 15 is 0 Å². The molecule has 3 aliphatic rings. The summed E-state index contributed by atoms with van der Waals surface area (Å²) in [7, 11) is 2.93. The van der Waals surface area contributed by atoms with Gasteiger partial charge in [0.25, 0.3) is 0 Å². The molecule has 4 atom stereocenters. The van der Waals surface area contributed by atoms with Gasteiger partial charge in [-0.05, 0) is 51.5 Å². The Balaban J connectivity index is 1.91. The Kier molecular flexibility index (Phi) is 12.6. The fourth-order valence-corrected chi connectivity index (χ4v) is 6.57. The van der Waals surface area contributed by atoms with Crippen molar-refractivity contribution in [2.75, 3.05) is 31.1 Å². The molecule has 2 aliphatic heterocycles. The average Bonchev–Trinajstić information content (AvgIpc) is 3.76. The number of amides is 5. The van der Waals surface area contributed by atoms with Crippen LogP contribution in [0.5, 0.6) is 0 Å². The highest BCUT2D eigenvalue weighted by atomic mass is 33.1. The lowest BCUT2D eigenvalue weighted by molar-refractivity contribution is -0.148. The van der Waals surface area contributed by atoms with Crippen LogP contribution in [0.4, 0.5) is 0 Å². The van der Waals surface area contributed by atoms with Gasteiger partial charge >= 0.3 is 5.97 Å². The smallest absolute Gasteiger partial charge is 0.326 e. The number of nitrogens with one attached hydrogen (secondary N) is 4. The number of hydrogen-bond donors (Lipinski definition) is 4. The van der Waals surface area contributed by atoms with E-state index in [-0.39, 0.29) is 36.8 Å². The van der Waals surface area contributed by atoms with Gasteiger partial charge in [0.2, 0.25) is 29.5 Å². The lowest BCUT2D eigenvalue weighted by Gasteiger charge is -2.26. The third-order valence-corrected chi connectivity index (χ3v) is 9.28. The molecule has 1 saturated heterocycles. The summed E-state index contributed by atoms with van der Waals surface area (Å²) in [6.07, 6.45) is 4.47. The molecule has 1 saturated carbocycles. The number of rotatable bonds is 6. The second-order valence-electron chi connectivity index (χ2n) is 9.88. The van der Waals surface area contributed by atoms with E-state index in [4.69, 9.17) is 4.74 Å². The normalized spacial score (nSPS) is 27.4. The highest BCUT2D eigenvalue weighted by Gasteiger charge is 2.39. The molecule has 12 nitrogen and oxygen atoms in total. The number of nitrogens with zero attached hydrogens (tertiary/aromatic N) is 1. The summed E-state index contributed by atoms with van der Waals surface area (Å²) in [5, 5.41) is 10.7. The Morgan fingerprint density at radius 2 is 1.75 bits per heavy atom. The molecule has 0 aromatic rings. The maximum Gasteiger partial charge on any atom is 0.326 e. The summed E-state index contributed by atoms with van der Waals surface area (Å²) in [6.45, 7) is 4.34. The van der Waals surface area contributed by atoms with Crippen LogP contribution in [-0.2, 0) is 33.5 Å². The highest BCUT2D eigenvalue weighted by molar-refractivity contribution is 8.76. The van der Waals surface area contributed by atoms with Gasteiger partial charge in [0.1, 0.15) is 30.8 Å². The third kappa shape index (κ3) is 10.0. The van der Waals surface area contributed by atoms with E-state index in [0.29, 0.717) is 25.3 Å². The Labute approximate surface area is 242 Å². The zero-order valence-corrected chi connectivity index (χ0v) is 24.6. The minimum absolute atomic E-state index is 0.0176. The largest absolute Gasteiger partial charge is 0.456 e. The van der Waals surface area contributed by atoms with Crippen molar-refractivity contribution >= 4 is 57.1 Å². The van der Waals surface area contributed by atoms with Crippen LogP contribution in [-0.4, -0.2) is 95.8 Å². The molecule has 2 bridgehead atoms. The molecule has 3 rings (SSSR count). The average molecular weight is 598 g/mol. The van der Waals surface area contributed by atoms with Crippen LogP contribution in [0.3, 0.4) is 0 Å². The van der Waals surface area contributed by atoms with Gasteiger partial charge in [-0.2, -0.15) is 0 Å². The number of esters is 1. The number of hydrogen-bond acceptors (Lipinski definition) is 9. The summed E-state index contributed by atoms with van der Waals surface area (Å²) >= 11 is 0. The van der Waals surface area contributed by atoms with Gasteiger partial charge < -0.3 is 30.9 Å². The van der Waals surface area contributed by atoms with Gasteiger partial charge in [0, 0.05) is 31.0 Å². The lowest BCUT2D eigenvalue weighted by Crippen LogP contribution is -2.58. The number of carbonyl (C=O) groups excluding carboxylic acids is 6. The molecule has 14 heteroatoms. The first-order valence-corrected chi connectivity index (χ1v) is 16.3. The number of fused-ring (bicyclic) bond motifs is 7. The molecule has 1 aliphatic carbocycles. The van der Waals surface area contributed by atoms with E-state index in [9.17, 15) is 28.8 Å². The predicted molar refractivity (Wildman–Crippen MR) is 152 cm³/mol. The summed E-state index contributed by atoms with van der Waals surface area (Å²) in [5.41, 5.74) is 0. The first-order chi connectivity index (χ1) is 19.2. The predicted octanol–water partition coefficient (Wildman–Crippen LogP) is 0.272. The molecular formula is C26H39N5O7S2. The molecule has 222 valence electrons. The van der Waals surface area contributed by atoms with Crippen molar-refractivity contribution in [2.24, 2.45) is 5.92 Å². The fourth-order valence-electron chi connectivity index (χ4n) is 4.41. The van der Waals surface area contributed by atoms with Gasteiger partial charge in [0.05, 0.1) is 6.42 Å². The summed E-state index contributed by atoms with van der Waals surface area (Å²) in [6, 6.07) is -2.93. The second-order valence-corrected chi connectivity index (χ2v) is 12.5. The molecular weight excluding hydrogens is 558 g/mol. The Hall–Kier alpha value is -2.74. The van der Waals surface area contributed by atoms with Crippen LogP contribution < -0.4 is 21.3 Å². The fraction of sp³-hybridized carbons (Fsp3) is 0.692.